The summed E-state index contributed by atoms with van der Waals surface area (Å²) >= 11 is 0. The van der Waals surface area contributed by atoms with Gasteiger partial charge in [-0.1, -0.05) is 90.4 Å². The van der Waals surface area contributed by atoms with Gasteiger partial charge in [0.05, 0.1) is 0 Å². The van der Waals surface area contributed by atoms with E-state index in [4.69, 9.17) is 15.3 Å². The van der Waals surface area contributed by atoms with Crippen molar-refractivity contribution in [3.63, 3.8) is 0 Å². The van der Waals surface area contributed by atoms with Crippen LogP contribution in [0.25, 0.3) is 0 Å². The van der Waals surface area contributed by atoms with Crippen LogP contribution in [0, 0.1) is 0 Å². The Labute approximate surface area is 216 Å². The Morgan fingerprint density at radius 1 is 0.556 bits per heavy atom. The van der Waals surface area contributed by atoms with Crippen molar-refractivity contribution in [3.05, 3.63) is 0 Å². The summed E-state index contributed by atoms with van der Waals surface area (Å²) in [5, 5.41) is 32.6. The fourth-order valence-electron chi connectivity index (χ4n) is 4.41. The number of amides is 2. The van der Waals surface area contributed by atoms with Crippen LogP contribution in [0.1, 0.15) is 135 Å². The number of carbonyl (C=O) groups excluding carboxylic acids is 1. The Morgan fingerprint density at radius 3 is 1.22 bits per heavy atom. The molecule has 36 heavy (non-hydrogen) atoms. The summed E-state index contributed by atoms with van der Waals surface area (Å²) in [4.78, 5) is 45.7. The number of hydrogen-bond acceptors (Lipinski definition) is 4. The van der Waals surface area contributed by atoms with E-state index in [0.29, 0.717) is 6.54 Å². The van der Waals surface area contributed by atoms with Gasteiger partial charge in [0.1, 0.15) is 0 Å². The van der Waals surface area contributed by atoms with Crippen LogP contribution < -0.4 is 10.6 Å². The van der Waals surface area contributed by atoms with Crippen LogP contribution in [0.15, 0.2) is 0 Å². The van der Waals surface area contributed by atoms with Crippen molar-refractivity contribution < 1.29 is 34.5 Å². The Hall–Kier alpha value is -2.32. The maximum Gasteiger partial charge on any atom is 0.315 e. The number of carbonyl (C=O) groups is 4. The lowest BCUT2D eigenvalue weighted by molar-refractivity contribution is -0.137. The minimum atomic E-state index is -1.20. The average Bonchev–Trinajstić information content (AvgIpc) is 2.82. The zero-order valence-corrected chi connectivity index (χ0v) is 22.3. The molecule has 0 aromatic heterocycles. The minimum absolute atomic E-state index is 0.0326. The molecule has 0 heterocycles. The van der Waals surface area contributed by atoms with Crippen molar-refractivity contribution in [2.24, 2.45) is 0 Å². The first kappa shape index (κ1) is 33.7. The molecule has 9 heteroatoms. The second-order valence-electron chi connectivity index (χ2n) is 9.94. The molecule has 0 atom stereocenters. The molecule has 0 unspecified atom stereocenters. The molecule has 2 amide bonds. The monoisotopic (exact) mass is 514 g/mol. The predicted molar refractivity (Wildman–Crippen MR) is 140 cm³/mol. The van der Waals surface area contributed by atoms with Gasteiger partial charge < -0.3 is 26.0 Å². The van der Waals surface area contributed by atoms with E-state index in [2.05, 4.69) is 17.6 Å². The highest BCUT2D eigenvalue weighted by atomic mass is 16.4. The molecule has 210 valence electrons. The number of nitrogens with one attached hydrogen (secondary N) is 2. The van der Waals surface area contributed by atoms with Crippen LogP contribution >= 0.6 is 0 Å². The molecule has 9 nitrogen and oxygen atoms in total. The van der Waals surface area contributed by atoms with Gasteiger partial charge in [-0.3, -0.25) is 14.4 Å². The Bertz CT molecular complexity index is 580. The van der Waals surface area contributed by atoms with Crippen LogP contribution in [0.4, 0.5) is 4.79 Å². The van der Waals surface area contributed by atoms with Crippen molar-refractivity contribution in [2.75, 3.05) is 6.54 Å². The van der Waals surface area contributed by atoms with E-state index >= 15 is 0 Å². The van der Waals surface area contributed by atoms with Crippen LogP contribution in [0.3, 0.4) is 0 Å². The number of carboxylic acid groups (broad SMARTS) is 3. The lowest BCUT2D eigenvalue weighted by Gasteiger charge is -2.34. The molecule has 0 radical (unpaired) electrons. The van der Waals surface area contributed by atoms with Gasteiger partial charge >= 0.3 is 23.9 Å². The van der Waals surface area contributed by atoms with Gasteiger partial charge in [-0.25, -0.2) is 4.79 Å². The van der Waals surface area contributed by atoms with Gasteiger partial charge in [0, 0.05) is 31.3 Å². The normalized spacial score (nSPS) is 11.2. The third-order valence-electron chi connectivity index (χ3n) is 6.65. The van der Waals surface area contributed by atoms with Crippen molar-refractivity contribution in [3.8, 4) is 0 Å². The van der Waals surface area contributed by atoms with Gasteiger partial charge in [0.15, 0.2) is 0 Å². The second kappa shape index (κ2) is 21.9. The predicted octanol–water partition coefficient (Wildman–Crippen LogP) is 6.10. The van der Waals surface area contributed by atoms with Crippen molar-refractivity contribution >= 4 is 23.9 Å². The Kier molecular flexibility index (Phi) is 20.5. The Balaban J connectivity index is 4.17. The van der Waals surface area contributed by atoms with E-state index in [1.165, 1.54) is 70.6 Å². The molecule has 0 rings (SSSR count). The Morgan fingerprint density at radius 2 is 0.889 bits per heavy atom. The van der Waals surface area contributed by atoms with E-state index in [1.54, 1.807) is 0 Å². The number of carboxylic acids is 3. The maximum atomic E-state index is 12.5. The lowest BCUT2D eigenvalue weighted by atomic mass is 9.83. The molecular formula is C27H50N2O7. The van der Waals surface area contributed by atoms with Crippen LogP contribution in [0.2, 0.25) is 0 Å². The summed E-state index contributed by atoms with van der Waals surface area (Å²) in [6.45, 7) is 2.69. The van der Waals surface area contributed by atoms with Gasteiger partial charge in [-0.2, -0.15) is 0 Å². The molecule has 5 N–H and O–H groups in total. The van der Waals surface area contributed by atoms with E-state index in [1.807, 2.05) is 0 Å². The van der Waals surface area contributed by atoms with Crippen molar-refractivity contribution in [1.82, 2.24) is 10.6 Å². The topological polar surface area (TPSA) is 153 Å². The summed E-state index contributed by atoms with van der Waals surface area (Å²) in [6.07, 6.45) is 16.4. The maximum absolute atomic E-state index is 12.5. The first-order valence-electron chi connectivity index (χ1n) is 13.9. The third kappa shape index (κ3) is 21.0. The molecule has 0 bridgehead atoms. The summed E-state index contributed by atoms with van der Waals surface area (Å²) in [6, 6.07) is -0.522. The molecule has 0 fully saturated rings. The highest BCUT2D eigenvalue weighted by molar-refractivity contribution is 5.75. The number of hydrogen-bond donors (Lipinski definition) is 5. The summed E-state index contributed by atoms with van der Waals surface area (Å²) in [5.41, 5.74) is -1.20. The van der Waals surface area contributed by atoms with Gasteiger partial charge in [0.25, 0.3) is 0 Å². The second-order valence-corrected chi connectivity index (χ2v) is 9.94. The molecule has 0 spiro atoms. The fraction of sp³-hybridized carbons (Fsp3) is 0.852. The van der Waals surface area contributed by atoms with Crippen LogP contribution in [-0.4, -0.2) is 51.3 Å². The molecule has 0 saturated heterocycles. The van der Waals surface area contributed by atoms with E-state index in [9.17, 15) is 19.2 Å². The lowest BCUT2D eigenvalue weighted by Crippen LogP contribution is -2.53. The molecule has 0 aromatic rings. The standard InChI is InChI=1S/C27H50N2O7/c1-2-3-4-5-6-7-8-9-10-11-12-13-14-15-22-28-26(36)29-27(19-16-23(30)31,20-17-24(32)33)21-18-25(34)35/h2-22H2,1H3,(H,30,31)(H,32,33)(H,34,35)(H2,28,29,36). The molecule has 0 aliphatic rings. The molecule has 0 saturated carbocycles. The average molecular weight is 515 g/mol. The van der Waals surface area contributed by atoms with Crippen LogP contribution in [0.5, 0.6) is 0 Å². The minimum Gasteiger partial charge on any atom is -0.481 e. The summed E-state index contributed by atoms with van der Waals surface area (Å²) in [7, 11) is 0. The number of urea groups is 1. The molecule has 0 aromatic carbocycles. The van der Waals surface area contributed by atoms with Crippen molar-refractivity contribution in [2.45, 2.75) is 141 Å². The number of unbranched alkanes of at least 4 members (excludes halogenated alkanes) is 13. The SMILES string of the molecule is CCCCCCCCCCCCCCCCNC(=O)NC(CCC(=O)O)(CCC(=O)O)CCC(=O)O. The molecular weight excluding hydrogens is 464 g/mol. The smallest absolute Gasteiger partial charge is 0.315 e. The molecule has 0 aliphatic heterocycles. The number of rotatable bonds is 25. The van der Waals surface area contributed by atoms with Gasteiger partial charge in [0.2, 0.25) is 0 Å². The third-order valence-corrected chi connectivity index (χ3v) is 6.65. The van der Waals surface area contributed by atoms with Gasteiger partial charge in [-0.15, -0.1) is 0 Å². The zero-order valence-electron chi connectivity index (χ0n) is 22.3. The van der Waals surface area contributed by atoms with Crippen LogP contribution in [-0.2, 0) is 14.4 Å². The molecule has 0 aliphatic carbocycles. The fourth-order valence-corrected chi connectivity index (χ4v) is 4.41. The van der Waals surface area contributed by atoms with E-state index in [0.717, 1.165) is 19.3 Å². The summed E-state index contributed by atoms with van der Waals surface area (Å²) in [5.74, 6) is -3.26. The highest BCUT2D eigenvalue weighted by Gasteiger charge is 2.33. The summed E-state index contributed by atoms with van der Waals surface area (Å²) < 4.78 is 0. The first-order valence-corrected chi connectivity index (χ1v) is 13.9. The zero-order chi connectivity index (χ0) is 27.1. The highest BCUT2D eigenvalue weighted by Crippen LogP contribution is 2.26. The quantitative estimate of drug-likeness (QED) is 0.0922. The number of aliphatic carboxylic acids is 3. The first-order chi connectivity index (χ1) is 17.2. The van der Waals surface area contributed by atoms with E-state index in [-0.39, 0.29) is 38.5 Å². The van der Waals surface area contributed by atoms with Crippen molar-refractivity contribution in [1.29, 1.82) is 0 Å². The van der Waals surface area contributed by atoms with E-state index < -0.39 is 29.5 Å². The van der Waals surface area contributed by atoms with Gasteiger partial charge in [-0.05, 0) is 25.7 Å². The largest absolute Gasteiger partial charge is 0.481 e.